The predicted octanol–water partition coefficient (Wildman–Crippen LogP) is 5.53. The van der Waals surface area contributed by atoms with E-state index in [0.717, 1.165) is 5.69 Å². The quantitative estimate of drug-likeness (QED) is 0.169. The van der Waals surface area contributed by atoms with E-state index in [1.165, 1.54) is 11.0 Å². The van der Waals surface area contributed by atoms with Gasteiger partial charge in [0.15, 0.2) is 0 Å². The van der Waals surface area contributed by atoms with E-state index in [2.05, 4.69) is 27.2 Å². The van der Waals surface area contributed by atoms with E-state index >= 15 is 0 Å². The minimum atomic E-state index is -0.459. The number of aryl methyl sites for hydroxylation is 1. The molecule has 0 unspecified atom stereocenters. The van der Waals surface area contributed by atoms with Crippen LogP contribution in [-0.2, 0) is 16.2 Å². The second-order valence-electron chi connectivity index (χ2n) is 9.41. The topological polar surface area (TPSA) is 114 Å². The lowest BCUT2D eigenvalue weighted by Crippen LogP contribution is -2.37. The molecule has 0 fully saturated rings. The number of nitrogens with zero attached hydrogens (tertiary/aromatic N) is 3. The number of carbonyl (C=O) groups is 3. The molecule has 1 aromatic heterocycles. The average molecular weight is 619 g/mol. The van der Waals surface area contributed by atoms with Crippen LogP contribution in [0.3, 0.4) is 0 Å². The van der Waals surface area contributed by atoms with Gasteiger partial charge in [0.2, 0.25) is 11.8 Å². The Morgan fingerprint density at radius 2 is 1.81 bits per heavy atom. The molecule has 0 saturated heterocycles. The summed E-state index contributed by atoms with van der Waals surface area (Å²) in [6, 6.07) is 15.4. The molecule has 4 rings (SSSR count). The number of hydrogen-bond donors (Lipinski definition) is 2. The highest BCUT2D eigenvalue weighted by atomic mass is 35.5. The fourth-order valence-corrected chi connectivity index (χ4v) is 4.60. The molecule has 3 aromatic carbocycles. The number of carbonyl (C=O) groups excluding carboxylic acids is 3. The number of fused-ring (bicyclic) bond motifs is 1. The first-order chi connectivity index (χ1) is 20.7. The third-order valence-corrected chi connectivity index (χ3v) is 7.13. The van der Waals surface area contributed by atoms with E-state index < -0.39 is 11.8 Å². The van der Waals surface area contributed by atoms with Crippen molar-refractivity contribution in [1.82, 2.24) is 20.6 Å². The monoisotopic (exact) mass is 617 g/mol. The molecule has 0 aliphatic rings. The zero-order valence-electron chi connectivity index (χ0n) is 23.6. The summed E-state index contributed by atoms with van der Waals surface area (Å²) in [6.07, 6.45) is 6.17. The van der Waals surface area contributed by atoms with Gasteiger partial charge in [-0.1, -0.05) is 47.5 Å². The molecule has 1 heterocycles. The van der Waals surface area contributed by atoms with Crippen molar-refractivity contribution in [2.24, 2.45) is 0 Å². The number of likely N-dealkylation sites (N-methyl/N-ethyl adjacent to an activating group) is 1. The Bertz CT molecular complexity index is 1710. The Morgan fingerprint density at radius 3 is 2.56 bits per heavy atom. The lowest BCUT2D eigenvalue weighted by atomic mass is 10.1. The zero-order chi connectivity index (χ0) is 30.9. The maximum atomic E-state index is 12.9. The van der Waals surface area contributed by atoms with E-state index in [1.54, 1.807) is 67.9 Å². The lowest BCUT2D eigenvalue weighted by Gasteiger charge is -2.21. The molecule has 3 amide bonds. The SMILES string of the molecule is C=CCNC(=O)c1ccc(C=CC(=O)NCC(=O)N(C)c2ccc(Cl)c(COc3cccc4ncc(C)nc34)c2Cl)cc1. The molecule has 0 aliphatic heterocycles. The van der Waals surface area contributed by atoms with Crippen molar-refractivity contribution in [3.8, 4) is 5.75 Å². The minimum absolute atomic E-state index is 0.0320. The maximum absolute atomic E-state index is 12.9. The number of ether oxygens (including phenoxy) is 1. The summed E-state index contributed by atoms with van der Waals surface area (Å²) < 4.78 is 6.03. The van der Waals surface area contributed by atoms with E-state index in [1.807, 2.05) is 19.1 Å². The highest BCUT2D eigenvalue weighted by Crippen LogP contribution is 2.35. The Morgan fingerprint density at radius 1 is 1.05 bits per heavy atom. The molecular formula is C32H29Cl2N5O4. The van der Waals surface area contributed by atoms with Crippen LogP contribution in [0.15, 0.2) is 79.5 Å². The van der Waals surface area contributed by atoms with Crippen molar-refractivity contribution in [2.45, 2.75) is 13.5 Å². The molecule has 2 N–H and O–H groups in total. The van der Waals surface area contributed by atoms with Crippen molar-refractivity contribution in [3.05, 3.63) is 112 Å². The molecule has 0 saturated carbocycles. The third-order valence-electron chi connectivity index (χ3n) is 6.35. The van der Waals surface area contributed by atoms with Crippen molar-refractivity contribution < 1.29 is 19.1 Å². The van der Waals surface area contributed by atoms with Crippen LogP contribution < -0.4 is 20.3 Å². The standard InChI is InChI=1S/C32H29Cl2N5O4/c1-4-16-35-32(42)22-11-8-21(9-12-22)10-15-28(40)37-18-29(41)39(3)26-14-13-24(33)23(30(26)34)19-43-27-7-5-6-25-31(27)38-20(2)17-36-25/h4-15,17H,1,16,18-19H2,2-3H3,(H,35,42)(H,37,40). The van der Waals surface area contributed by atoms with Crippen molar-refractivity contribution in [3.63, 3.8) is 0 Å². The van der Waals surface area contributed by atoms with Crippen LogP contribution in [0.1, 0.15) is 27.2 Å². The highest BCUT2D eigenvalue weighted by Gasteiger charge is 2.19. The number of para-hydroxylation sites is 1. The van der Waals surface area contributed by atoms with Crippen LogP contribution >= 0.6 is 23.2 Å². The van der Waals surface area contributed by atoms with E-state index in [9.17, 15) is 14.4 Å². The Balaban J connectivity index is 1.36. The number of rotatable bonds is 11. The van der Waals surface area contributed by atoms with E-state index in [0.29, 0.717) is 50.7 Å². The van der Waals surface area contributed by atoms with Gasteiger partial charge >= 0.3 is 0 Å². The summed E-state index contributed by atoms with van der Waals surface area (Å²) in [5.74, 6) is -0.547. The summed E-state index contributed by atoms with van der Waals surface area (Å²) in [4.78, 5) is 47.5. The van der Waals surface area contributed by atoms with Gasteiger partial charge in [-0.2, -0.15) is 0 Å². The maximum Gasteiger partial charge on any atom is 0.251 e. The van der Waals surface area contributed by atoms with Crippen molar-refractivity contribution in [1.29, 1.82) is 0 Å². The molecule has 43 heavy (non-hydrogen) atoms. The van der Waals surface area contributed by atoms with Gasteiger partial charge in [-0.05, 0) is 55.0 Å². The van der Waals surface area contributed by atoms with Crippen LogP contribution in [0, 0.1) is 6.92 Å². The molecule has 11 heteroatoms. The molecule has 0 radical (unpaired) electrons. The predicted molar refractivity (Wildman–Crippen MR) is 169 cm³/mol. The number of aromatic nitrogens is 2. The van der Waals surface area contributed by atoms with E-state index in [4.69, 9.17) is 27.9 Å². The van der Waals surface area contributed by atoms with Crippen LogP contribution in [0.5, 0.6) is 5.75 Å². The van der Waals surface area contributed by atoms with Crippen LogP contribution in [0.4, 0.5) is 5.69 Å². The molecule has 0 bridgehead atoms. The average Bonchev–Trinajstić information content (AvgIpc) is 3.01. The highest BCUT2D eigenvalue weighted by molar-refractivity contribution is 6.38. The Kier molecular flexibility index (Phi) is 10.5. The van der Waals surface area contributed by atoms with Gasteiger partial charge in [-0.15, -0.1) is 6.58 Å². The molecule has 220 valence electrons. The first-order valence-electron chi connectivity index (χ1n) is 13.2. The molecule has 4 aromatic rings. The van der Waals surface area contributed by atoms with Crippen LogP contribution in [0.2, 0.25) is 10.0 Å². The number of benzene rings is 3. The Hall–Kier alpha value is -4.73. The van der Waals surface area contributed by atoms with Gasteiger partial charge < -0.3 is 20.3 Å². The van der Waals surface area contributed by atoms with Gasteiger partial charge in [0, 0.05) is 42.0 Å². The second-order valence-corrected chi connectivity index (χ2v) is 10.2. The van der Waals surface area contributed by atoms with Gasteiger partial charge in [-0.25, -0.2) is 4.98 Å². The summed E-state index contributed by atoms with van der Waals surface area (Å²) in [5, 5.41) is 5.89. The number of anilines is 1. The van der Waals surface area contributed by atoms with Gasteiger partial charge in [0.1, 0.15) is 17.9 Å². The van der Waals surface area contributed by atoms with Crippen LogP contribution in [0.25, 0.3) is 17.1 Å². The van der Waals surface area contributed by atoms with Crippen LogP contribution in [-0.4, -0.2) is 47.8 Å². The molecule has 0 spiro atoms. The van der Waals surface area contributed by atoms with Gasteiger partial charge in [0.05, 0.1) is 28.5 Å². The Labute approximate surface area is 259 Å². The lowest BCUT2D eigenvalue weighted by molar-refractivity contribution is -0.122. The minimum Gasteiger partial charge on any atom is -0.486 e. The normalized spacial score (nSPS) is 10.9. The fourth-order valence-electron chi connectivity index (χ4n) is 4.00. The molecule has 0 aliphatic carbocycles. The number of hydrogen-bond acceptors (Lipinski definition) is 6. The smallest absolute Gasteiger partial charge is 0.251 e. The first kappa shape index (κ1) is 31.2. The zero-order valence-corrected chi connectivity index (χ0v) is 25.1. The van der Waals surface area contributed by atoms with Crippen molar-refractivity contribution in [2.75, 3.05) is 25.0 Å². The van der Waals surface area contributed by atoms with Crippen molar-refractivity contribution >= 4 is 63.7 Å². The van der Waals surface area contributed by atoms with Gasteiger partial charge in [0.25, 0.3) is 5.91 Å². The fraction of sp³-hybridized carbons (Fsp3) is 0.156. The summed E-state index contributed by atoms with van der Waals surface area (Å²) >= 11 is 13.1. The number of nitrogens with one attached hydrogen (secondary N) is 2. The summed E-state index contributed by atoms with van der Waals surface area (Å²) in [5.41, 5.74) is 4.17. The third kappa shape index (κ3) is 7.97. The number of halogens is 2. The second kappa shape index (κ2) is 14.4. The largest absolute Gasteiger partial charge is 0.486 e. The molecular weight excluding hydrogens is 589 g/mol. The summed E-state index contributed by atoms with van der Waals surface area (Å²) in [6.45, 7) is 5.55. The van der Waals surface area contributed by atoms with Gasteiger partial charge in [-0.3, -0.25) is 19.4 Å². The summed E-state index contributed by atoms with van der Waals surface area (Å²) in [7, 11) is 1.56. The molecule has 9 nitrogen and oxygen atoms in total. The molecule has 0 atom stereocenters. The number of amides is 3. The van der Waals surface area contributed by atoms with E-state index in [-0.39, 0.29) is 24.1 Å². The first-order valence-corrected chi connectivity index (χ1v) is 14.0.